The van der Waals surface area contributed by atoms with E-state index in [4.69, 9.17) is 4.74 Å². The Bertz CT molecular complexity index is 405. The lowest BCUT2D eigenvalue weighted by Gasteiger charge is -2.33. The Morgan fingerprint density at radius 1 is 1.53 bits per heavy atom. The Morgan fingerprint density at radius 2 is 2.24 bits per heavy atom. The van der Waals surface area contributed by atoms with Crippen LogP contribution in [-0.4, -0.2) is 43.7 Å². The molecule has 1 aromatic carbocycles. The quantitative estimate of drug-likeness (QED) is 0.859. The first-order chi connectivity index (χ1) is 8.19. The molecule has 0 spiro atoms. The Balaban J connectivity index is 1.89. The van der Waals surface area contributed by atoms with Gasteiger partial charge in [-0.2, -0.15) is 0 Å². The maximum absolute atomic E-state index is 12.6. The molecular weight excluding hydrogens is 223 g/mol. The second-order valence-corrected chi connectivity index (χ2v) is 4.04. The Labute approximate surface area is 99.4 Å². The predicted octanol–water partition coefficient (Wildman–Crippen LogP) is 1.29. The number of likely N-dealkylation sites (tertiary alicyclic amines) is 1. The molecule has 1 aliphatic heterocycles. The van der Waals surface area contributed by atoms with Crippen molar-refractivity contribution >= 4 is 11.6 Å². The smallest absolute Gasteiger partial charge is 0.238 e. The average Bonchev–Trinajstić information content (AvgIpc) is 2.27. The van der Waals surface area contributed by atoms with Gasteiger partial charge in [-0.05, 0) is 12.1 Å². The fourth-order valence-corrected chi connectivity index (χ4v) is 1.78. The van der Waals surface area contributed by atoms with Crippen molar-refractivity contribution in [2.75, 3.05) is 32.1 Å². The monoisotopic (exact) mass is 238 g/mol. The van der Waals surface area contributed by atoms with E-state index in [9.17, 15) is 9.18 Å². The average molecular weight is 238 g/mol. The maximum Gasteiger partial charge on any atom is 0.238 e. The number of carbonyl (C=O) groups excluding carboxylic acids is 1. The summed E-state index contributed by atoms with van der Waals surface area (Å²) in [4.78, 5) is 13.4. The molecule has 1 fully saturated rings. The summed E-state index contributed by atoms with van der Waals surface area (Å²) in [6, 6.07) is 7.19. The minimum absolute atomic E-state index is 0.151. The van der Waals surface area contributed by atoms with Crippen molar-refractivity contribution in [3.8, 4) is 5.75 Å². The van der Waals surface area contributed by atoms with E-state index in [1.54, 1.807) is 24.1 Å². The molecule has 5 heteroatoms. The van der Waals surface area contributed by atoms with Crippen molar-refractivity contribution < 1.29 is 13.9 Å². The SMILES string of the molecule is COc1ccccc1NC(=O)CN1CC(F)C1. The predicted molar refractivity (Wildman–Crippen MR) is 63.0 cm³/mol. The van der Waals surface area contributed by atoms with Crippen molar-refractivity contribution in [3.05, 3.63) is 24.3 Å². The van der Waals surface area contributed by atoms with Gasteiger partial charge in [0.25, 0.3) is 0 Å². The van der Waals surface area contributed by atoms with E-state index in [1.807, 2.05) is 12.1 Å². The van der Waals surface area contributed by atoms with Crippen LogP contribution < -0.4 is 10.1 Å². The van der Waals surface area contributed by atoms with E-state index in [0.29, 0.717) is 24.5 Å². The van der Waals surface area contributed by atoms with Gasteiger partial charge in [-0.3, -0.25) is 9.69 Å². The minimum atomic E-state index is -0.783. The van der Waals surface area contributed by atoms with Crippen LogP contribution in [0.3, 0.4) is 0 Å². The largest absolute Gasteiger partial charge is 0.495 e. The number of alkyl halides is 1. The number of hydrogen-bond donors (Lipinski definition) is 1. The van der Waals surface area contributed by atoms with Gasteiger partial charge in [0.1, 0.15) is 11.9 Å². The Morgan fingerprint density at radius 3 is 2.88 bits per heavy atom. The van der Waals surface area contributed by atoms with Crippen LogP contribution in [0.15, 0.2) is 24.3 Å². The maximum atomic E-state index is 12.6. The normalized spacial score (nSPS) is 16.4. The lowest BCUT2D eigenvalue weighted by atomic mass is 10.2. The molecule has 1 saturated heterocycles. The van der Waals surface area contributed by atoms with E-state index < -0.39 is 6.17 Å². The van der Waals surface area contributed by atoms with E-state index in [2.05, 4.69) is 5.32 Å². The van der Waals surface area contributed by atoms with Gasteiger partial charge in [0.2, 0.25) is 5.91 Å². The van der Waals surface area contributed by atoms with Crippen LogP contribution >= 0.6 is 0 Å². The highest BCUT2D eigenvalue weighted by Crippen LogP contribution is 2.23. The van der Waals surface area contributed by atoms with Crippen LogP contribution in [0.1, 0.15) is 0 Å². The first-order valence-electron chi connectivity index (χ1n) is 5.48. The summed E-state index contributed by atoms with van der Waals surface area (Å²) < 4.78 is 17.7. The van der Waals surface area contributed by atoms with Gasteiger partial charge < -0.3 is 10.1 Å². The summed E-state index contributed by atoms with van der Waals surface area (Å²) in [5, 5.41) is 2.75. The molecule has 4 nitrogen and oxygen atoms in total. The van der Waals surface area contributed by atoms with E-state index >= 15 is 0 Å². The fourth-order valence-electron chi connectivity index (χ4n) is 1.78. The van der Waals surface area contributed by atoms with Gasteiger partial charge >= 0.3 is 0 Å². The van der Waals surface area contributed by atoms with E-state index in [1.165, 1.54) is 0 Å². The third-order valence-corrected chi connectivity index (χ3v) is 2.66. The summed E-state index contributed by atoms with van der Waals surface area (Å²) in [5.74, 6) is 0.467. The topological polar surface area (TPSA) is 41.6 Å². The highest BCUT2D eigenvalue weighted by atomic mass is 19.1. The lowest BCUT2D eigenvalue weighted by Crippen LogP contribution is -2.51. The molecule has 1 heterocycles. The van der Waals surface area contributed by atoms with Crippen molar-refractivity contribution in [1.82, 2.24) is 4.90 Å². The molecule has 0 radical (unpaired) electrons. The number of methoxy groups -OCH3 is 1. The van der Waals surface area contributed by atoms with Crippen LogP contribution in [0.25, 0.3) is 0 Å². The Hall–Kier alpha value is -1.62. The van der Waals surface area contributed by atoms with Crippen LogP contribution in [-0.2, 0) is 4.79 Å². The molecule has 1 aromatic rings. The van der Waals surface area contributed by atoms with Gasteiger partial charge in [-0.1, -0.05) is 12.1 Å². The van der Waals surface area contributed by atoms with Gasteiger partial charge in [0, 0.05) is 13.1 Å². The summed E-state index contributed by atoms with van der Waals surface area (Å²) in [6.45, 7) is 0.914. The van der Waals surface area contributed by atoms with Gasteiger partial charge in [0.15, 0.2) is 0 Å². The fraction of sp³-hybridized carbons (Fsp3) is 0.417. The van der Waals surface area contributed by atoms with Crippen LogP contribution in [0.2, 0.25) is 0 Å². The molecule has 0 unspecified atom stereocenters. The van der Waals surface area contributed by atoms with Crippen LogP contribution in [0.5, 0.6) is 5.75 Å². The molecule has 92 valence electrons. The number of amides is 1. The van der Waals surface area contributed by atoms with Crippen LogP contribution in [0, 0.1) is 0 Å². The third-order valence-electron chi connectivity index (χ3n) is 2.66. The number of benzene rings is 1. The van der Waals surface area contributed by atoms with Crippen molar-refractivity contribution in [3.63, 3.8) is 0 Å². The number of ether oxygens (including phenoxy) is 1. The zero-order chi connectivity index (χ0) is 12.3. The van der Waals surface area contributed by atoms with Crippen molar-refractivity contribution in [1.29, 1.82) is 0 Å². The number of nitrogens with one attached hydrogen (secondary N) is 1. The molecule has 1 N–H and O–H groups in total. The zero-order valence-corrected chi connectivity index (χ0v) is 9.65. The summed E-state index contributed by atoms with van der Waals surface area (Å²) in [5.41, 5.74) is 0.636. The molecule has 0 atom stereocenters. The van der Waals surface area contributed by atoms with E-state index in [0.717, 1.165) is 0 Å². The molecule has 2 rings (SSSR count). The molecule has 17 heavy (non-hydrogen) atoms. The molecule has 1 amide bonds. The molecule has 1 aliphatic rings. The minimum Gasteiger partial charge on any atom is -0.495 e. The second-order valence-electron chi connectivity index (χ2n) is 4.04. The number of nitrogens with zero attached hydrogens (tertiary/aromatic N) is 1. The second kappa shape index (κ2) is 5.14. The van der Waals surface area contributed by atoms with Gasteiger partial charge in [0.05, 0.1) is 19.3 Å². The number of carbonyl (C=O) groups is 1. The number of rotatable bonds is 4. The number of para-hydroxylation sites is 2. The Kier molecular flexibility index (Phi) is 3.58. The first-order valence-corrected chi connectivity index (χ1v) is 5.48. The first kappa shape index (κ1) is 11.9. The molecular formula is C12H15FN2O2. The number of halogens is 1. The summed E-state index contributed by atoms with van der Waals surface area (Å²) >= 11 is 0. The number of hydrogen-bond acceptors (Lipinski definition) is 3. The summed E-state index contributed by atoms with van der Waals surface area (Å²) in [7, 11) is 1.55. The van der Waals surface area contributed by atoms with Crippen LogP contribution in [0.4, 0.5) is 10.1 Å². The highest BCUT2D eigenvalue weighted by Gasteiger charge is 2.27. The molecule has 0 bridgehead atoms. The molecule has 0 aromatic heterocycles. The van der Waals surface area contributed by atoms with E-state index in [-0.39, 0.29) is 12.5 Å². The number of anilines is 1. The zero-order valence-electron chi connectivity index (χ0n) is 9.65. The standard InChI is InChI=1S/C12H15FN2O2/c1-17-11-5-3-2-4-10(11)14-12(16)8-15-6-9(13)7-15/h2-5,9H,6-8H2,1H3,(H,14,16). The van der Waals surface area contributed by atoms with Crippen molar-refractivity contribution in [2.45, 2.75) is 6.17 Å². The third kappa shape index (κ3) is 2.94. The van der Waals surface area contributed by atoms with Gasteiger partial charge in [-0.25, -0.2) is 4.39 Å². The van der Waals surface area contributed by atoms with Gasteiger partial charge in [-0.15, -0.1) is 0 Å². The molecule has 0 saturated carbocycles. The lowest BCUT2D eigenvalue weighted by molar-refractivity contribution is -0.119. The summed E-state index contributed by atoms with van der Waals surface area (Å²) in [6.07, 6.45) is -0.783. The highest BCUT2D eigenvalue weighted by molar-refractivity contribution is 5.93. The van der Waals surface area contributed by atoms with Crippen molar-refractivity contribution in [2.24, 2.45) is 0 Å². The molecule has 0 aliphatic carbocycles.